The first-order chi connectivity index (χ1) is 14.1. The van der Waals surface area contributed by atoms with Crippen molar-refractivity contribution in [3.8, 4) is 0 Å². The van der Waals surface area contributed by atoms with Gasteiger partial charge in [-0.3, -0.25) is 4.79 Å². The number of para-hydroxylation sites is 1. The van der Waals surface area contributed by atoms with Crippen LogP contribution in [0.25, 0.3) is 10.9 Å². The number of hydrazone groups is 1. The van der Waals surface area contributed by atoms with Gasteiger partial charge in [-0.15, -0.1) is 0 Å². The molecule has 0 saturated carbocycles. The highest BCUT2D eigenvalue weighted by Gasteiger charge is 2.10. The smallest absolute Gasteiger partial charge is 0.272 e. The molecule has 0 fully saturated rings. The molecule has 0 radical (unpaired) electrons. The topological polar surface area (TPSA) is 46.4 Å². The summed E-state index contributed by atoms with van der Waals surface area (Å²) in [5.41, 5.74) is 5.91. The lowest BCUT2D eigenvalue weighted by atomic mass is 10.2. The third kappa shape index (κ3) is 4.19. The van der Waals surface area contributed by atoms with Crippen LogP contribution in [0, 0.1) is 0 Å². The van der Waals surface area contributed by atoms with E-state index in [2.05, 4.69) is 15.1 Å². The first-order valence-corrected chi connectivity index (χ1v) is 9.78. The molecule has 0 unspecified atom stereocenters. The van der Waals surface area contributed by atoms with E-state index in [1.807, 2.05) is 54.7 Å². The van der Waals surface area contributed by atoms with Gasteiger partial charge in [-0.05, 0) is 29.8 Å². The Morgan fingerprint density at radius 1 is 0.931 bits per heavy atom. The average molecular weight is 422 g/mol. The van der Waals surface area contributed by atoms with Crippen LogP contribution in [-0.2, 0) is 6.54 Å². The average Bonchev–Trinajstić information content (AvgIpc) is 3.08. The van der Waals surface area contributed by atoms with Crippen molar-refractivity contribution in [3.05, 3.63) is 106 Å². The summed E-state index contributed by atoms with van der Waals surface area (Å²) in [6.45, 7) is 0.639. The number of fused-ring (bicyclic) bond motifs is 1. The summed E-state index contributed by atoms with van der Waals surface area (Å²) in [6, 6.07) is 22.7. The highest BCUT2D eigenvalue weighted by molar-refractivity contribution is 6.33. The van der Waals surface area contributed by atoms with E-state index in [1.54, 1.807) is 30.5 Å². The third-order valence-corrected chi connectivity index (χ3v) is 5.30. The van der Waals surface area contributed by atoms with Crippen LogP contribution in [0.2, 0.25) is 10.0 Å². The Morgan fingerprint density at radius 2 is 1.62 bits per heavy atom. The lowest BCUT2D eigenvalue weighted by molar-refractivity contribution is 0.0955. The molecule has 3 aromatic carbocycles. The van der Waals surface area contributed by atoms with Crippen molar-refractivity contribution in [3.63, 3.8) is 0 Å². The van der Waals surface area contributed by atoms with Crippen molar-refractivity contribution in [2.75, 3.05) is 0 Å². The van der Waals surface area contributed by atoms with E-state index in [1.165, 1.54) is 0 Å². The van der Waals surface area contributed by atoms with Crippen LogP contribution in [0.3, 0.4) is 0 Å². The minimum Gasteiger partial charge on any atom is -0.342 e. The van der Waals surface area contributed by atoms with E-state index < -0.39 is 0 Å². The molecule has 0 aliphatic carbocycles. The van der Waals surface area contributed by atoms with Gasteiger partial charge in [0.15, 0.2) is 0 Å². The Kier molecular flexibility index (Phi) is 5.65. The number of nitrogens with one attached hydrogen (secondary N) is 1. The van der Waals surface area contributed by atoms with Gasteiger partial charge in [0.25, 0.3) is 5.91 Å². The maximum Gasteiger partial charge on any atom is 0.272 e. The summed E-state index contributed by atoms with van der Waals surface area (Å²) in [6.07, 6.45) is 3.64. The van der Waals surface area contributed by atoms with Crippen LogP contribution in [-0.4, -0.2) is 16.7 Å². The second-order valence-corrected chi connectivity index (χ2v) is 7.31. The van der Waals surface area contributed by atoms with Gasteiger partial charge in [0.1, 0.15) is 0 Å². The Morgan fingerprint density at radius 3 is 2.41 bits per heavy atom. The minimum absolute atomic E-state index is 0.355. The van der Waals surface area contributed by atoms with E-state index in [-0.39, 0.29) is 5.91 Å². The van der Waals surface area contributed by atoms with Crippen molar-refractivity contribution < 1.29 is 4.79 Å². The van der Waals surface area contributed by atoms with Gasteiger partial charge < -0.3 is 4.57 Å². The fraction of sp³-hybridized carbons (Fsp3) is 0.0435. The summed E-state index contributed by atoms with van der Waals surface area (Å²) in [4.78, 5) is 12.3. The van der Waals surface area contributed by atoms with Crippen molar-refractivity contribution in [1.29, 1.82) is 0 Å². The van der Waals surface area contributed by atoms with E-state index in [0.29, 0.717) is 17.1 Å². The molecule has 4 aromatic rings. The number of hydrogen-bond donors (Lipinski definition) is 1. The monoisotopic (exact) mass is 421 g/mol. The number of halogens is 2. The summed E-state index contributed by atoms with van der Waals surface area (Å²) >= 11 is 12.4. The fourth-order valence-electron chi connectivity index (χ4n) is 3.19. The molecule has 0 aliphatic rings. The highest BCUT2D eigenvalue weighted by Crippen LogP contribution is 2.23. The van der Waals surface area contributed by atoms with Crippen LogP contribution in [0.1, 0.15) is 21.5 Å². The molecule has 6 heteroatoms. The van der Waals surface area contributed by atoms with Gasteiger partial charge in [0, 0.05) is 34.2 Å². The zero-order chi connectivity index (χ0) is 20.2. The molecule has 4 nitrogen and oxygen atoms in total. The number of carbonyl (C=O) groups excluding carboxylic acids is 1. The van der Waals surface area contributed by atoms with E-state index in [9.17, 15) is 4.79 Å². The SMILES string of the molecule is O=C(N/N=C\c1cn(Cc2ccccc2Cl)c2ccccc12)c1ccccc1Cl. The Balaban J connectivity index is 1.59. The molecule has 1 N–H and O–H groups in total. The first kappa shape index (κ1) is 19.2. The zero-order valence-corrected chi connectivity index (χ0v) is 16.9. The maximum atomic E-state index is 12.3. The molecule has 0 aliphatic heterocycles. The number of hydrogen-bond acceptors (Lipinski definition) is 2. The van der Waals surface area contributed by atoms with Gasteiger partial charge in [-0.1, -0.05) is 71.7 Å². The van der Waals surface area contributed by atoms with E-state index in [0.717, 1.165) is 27.1 Å². The number of amides is 1. The molecule has 0 spiro atoms. The van der Waals surface area contributed by atoms with Crippen LogP contribution in [0.15, 0.2) is 84.1 Å². The molecule has 29 heavy (non-hydrogen) atoms. The van der Waals surface area contributed by atoms with Crippen molar-refractivity contribution >= 4 is 46.2 Å². The molecule has 144 valence electrons. The van der Waals surface area contributed by atoms with E-state index >= 15 is 0 Å². The van der Waals surface area contributed by atoms with Crippen LogP contribution < -0.4 is 5.43 Å². The quantitative estimate of drug-likeness (QED) is 0.323. The Labute approximate surface area is 178 Å². The van der Waals surface area contributed by atoms with E-state index in [4.69, 9.17) is 23.2 Å². The Hall–Kier alpha value is -3.08. The second kappa shape index (κ2) is 8.52. The summed E-state index contributed by atoms with van der Waals surface area (Å²) < 4.78 is 2.12. The van der Waals surface area contributed by atoms with Crippen LogP contribution in [0.4, 0.5) is 0 Å². The highest BCUT2D eigenvalue weighted by atomic mass is 35.5. The van der Waals surface area contributed by atoms with Gasteiger partial charge in [0.2, 0.25) is 0 Å². The standard InChI is InChI=1S/C23H17Cl2N3O/c24-20-10-4-1-7-16(20)14-28-15-17(18-8-3-6-12-22(18)28)13-26-27-23(29)19-9-2-5-11-21(19)25/h1-13,15H,14H2,(H,27,29)/b26-13-. The third-order valence-electron chi connectivity index (χ3n) is 4.61. The summed E-state index contributed by atoms with van der Waals surface area (Å²) in [7, 11) is 0. The molecule has 0 bridgehead atoms. The summed E-state index contributed by atoms with van der Waals surface area (Å²) in [5.74, 6) is -0.355. The lowest BCUT2D eigenvalue weighted by Gasteiger charge is -2.07. The number of benzene rings is 3. The normalized spacial score (nSPS) is 11.2. The molecule has 1 aromatic heterocycles. The molecule has 0 saturated heterocycles. The molecular weight excluding hydrogens is 405 g/mol. The second-order valence-electron chi connectivity index (χ2n) is 6.50. The van der Waals surface area contributed by atoms with Gasteiger partial charge >= 0.3 is 0 Å². The first-order valence-electron chi connectivity index (χ1n) is 9.02. The Bertz CT molecular complexity index is 1210. The predicted molar refractivity (Wildman–Crippen MR) is 119 cm³/mol. The van der Waals surface area contributed by atoms with Crippen molar-refractivity contribution in [2.24, 2.45) is 5.10 Å². The predicted octanol–water partition coefficient (Wildman–Crippen LogP) is 5.76. The molecular formula is C23H17Cl2N3O. The van der Waals surface area contributed by atoms with Crippen LogP contribution >= 0.6 is 23.2 Å². The van der Waals surface area contributed by atoms with Crippen molar-refractivity contribution in [1.82, 2.24) is 9.99 Å². The van der Waals surface area contributed by atoms with Gasteiger partial charge in [0.05, 0.1) is 16.8 Å². The van der Waals surface area contributed by atoms with Gasteiger partial charge in [-0.2, -0.15) is 5.10 Å². The molecule has 1 amide bonds. The number of aromatic nitrogens is 1. The van der Waals surface area contributed by atoms with Crippen molar-refractivity contribution in [2.45, 2.75) is 6.54 Å². The number of nitrogens with zero attached hydrogens (tertiary/aromatic N) is 2. The molecule has 4 rings (SSSR count). The largest absolute Gasteiger partial charge is 0.342 e. The number of carbonyl (C=O) groups is 1. The molecule has 0 atom stereocenters. The zero-order valence-electron chi connectivity index (χ0n) is 15.3. The van der Waals surface area contributed by atoms with Crippen LogP contribution in [0.5, 0.6) is 0 Å². The lowest BCUT2D eigenvalue weighted by Crippen LogP contribution is -2.17. The number of rotatable bonds is 5. The summed E-state index contributed by atoms with van der Waals surface area (Å²) in [5, 5.41) is 6.28. The fourth-order valence-corrected chi connectivity index (χ4v) is 3.60. The minimum atomic E-state index is -0.355. The van der Waals surface area contributed by atoms with Gasteiger partial charge in [-0.25, -0.2) is 5.43 Å². The maximum absolute atomic E-state index is 12.3. The molecule has 1 heterocycles.